The van der Waals surface area contributed by atoms with Crippen molar-refractivity contribution in [2.75, 3.05) is 19.0 Å². The molecule has 19 heavy (non-hydrogen) atoms. The molecule has 2 rings (SSSR count). The molecule has 0 aliphatic rings. The van der Waals surface area contributed by atoms with Gasteiger partial charge in [0.1, 0.15) is 0 Å². The van der Waals surface area contributed by atoms with Crippen molar-refractivity contribution >= 4 is 17.3 Å². The summed E-state index contributed by atoms with van der Waals surface area (Å²) in [6, 6.07) is 20.1. The molecule has 0 heterocycles. The lowest BCUT2D eigenvalue weighted by molar-refractivity contribution is 1.13. The Labute approximate surface area is 114 Å². The molecule has 0 atom stereocenters. The normalized spacial score (nSPS) is 10.9. The van der Waals surface area contributed by atoms with Crippen LogP contribution in [-0.4, -0.2) is 14.1 Å². The summed E-state index contributed by atoms with van der Waals surface area (Å²) in [5, 5.41) is 9.29. The molecule has 0 aliphatic heterocycles. The molecule has 0 saturated heterocycles. The van der Waals surface area contributed by atoms with Gasteiger partial charge >= 0.3 is 0 Å². The van der Waals surface area contributed by atoms with Gasteiger partial charge in [-0.3, -0.25) is 0 Å². The second-order valence-electron chi connectivity index (χ2n) is 4.52. The van der Waals surface area contributed by atoms with Gasteiger partial charge in [0.15, 0.2) is 0 Å². The first-order valence-corrected chi connectivity index (χ1v) is 6.15. The van der Waals surface area contributed by atoms with Crippen molar-refractivity contribution in [1.29, 1.82) is 5.26 Å². The number of hydrogen-bond donors (Lipinski definition) is 0. The number of nitrogens with zero attached hydrogens (tertiary/aromatic N) is 2. The second-order valence-corrected chi connectivity index (χ2v) is 4.52. The summed E-state index contributed by atoms with van der Waals surface area (Å²) < 4.78 is 0. The minimum atomic E-state index is 0.677. The molecule has 0 saturated carbocycles. The highest BCUT2D eigenvalue weighted by molar-refractivity contribution is 5.89. The summed E-state index contributed by atoms with van der Waals surface area (Å²) in [5.41, 5.74) is 3.78. The number of nitriles is 1. The average Bonchev–Trinajstić information content (AvgIpc) is 2.46. The fourth-order valence-electron chi connectivity index (χ4n) is 1.84. The van der Waals surface area contributed by atoms with E-state index in [1.807, 2.05) is 79.7 Å². The fraction of sp³-hybridized carbons (Fsp3) is 0.118. The molecule has 0 aromatic heterocycles. The lowest BCUT2D eigenvalue weighted by atomic mass is 10.0. The number of allylic oxidation sites excluding steroid dienone is 1. The van der Waals surface area contributed by atoms with E-state index in [0.29, 0.717) is 5.57 Å². The van der Waals surface area contributed by atoms with Crippen molar-refractivity contribution in [1.82, 2.24) is 0 Å². The zero-order chi connectivity index (χ0) is 13.7. The van der Waals surface area contributed by atoms with Crippen molar-refractivity contribution in [3.63, 3.8) is 0 Å². The molecule has 2 nitrogen and oxygen atoms in total. The minimum Gasteiger partial charge on any atom is -0.378 e. The summed E-state index contributed by atoms with van der Waals surface area (Å²) in [6.07, 6.45) is 1.91. The fourth-order valence-corrected chi connectivity index (χ4v) is 1.84. The Balaban J connectivity index is 2.33. The van der Waals surface area contributed by atoms with Gasteiger partial charge in [-0.25, -0.2) is 0 Å². The molecule has 94 valence electrons. The summed E-state index contributed by atoms with van der Waals surface area (Å²) in [4.78, 5) is 2.04. The van der Waals surface area contributed by atoms with Crippen LogP contribution in [0.3, 0.4) is 0 Å². The van der Waals surface area contributed by atoms with E-state index in [4.69, 9.17) is 0 Å². The third kappa shape index (κ3) is 3.23. The van der Waals surface area contributed by atoms with E-state index >= 15 is 0 Å². The predicted molar refractivity (Wildman–Crippen MR) is 80.7 cm³/mol. The molecule has 0 bridgehead atoms. The molecule has 0 radical (unpaired) electrons. The monoisotopic (exact) mass is 248 g/mol. The van der Waals surface area contributed by atoms with Crippen LogP contribution in [0.25, 0.3) is 11.6 Å². The van der Waals surface area contributed by atoms with Crippen LogP contribution in [0.2, 0.25) is 0 Å². The molecule has 0 N–H and O–H groups in total. The first kappa shape index (κ1) is 12.9. The van der Waals surface area contributed by atoms with Crippen LogP contribution in [0.1, 0.15) is 11.1 Å². The van der Waals surface area contributed by atoms with Gasteiger partial charge in [0.05, 0.1) is 11.6 Å². The standard InChI is InChI=1S/C17H16N2/c1-19(2)17-10-8-15(9-11-17)16(13-18)12-14-6-4-3-5-7-14/h3-12H,1-2H3/b16-12-. The van der Waals surface area contributed by atoms with E-state index in [0.717, 1.165) is 16.8 Å². The minimum absolute atomic E-state index is 0.677. The van der Waals surface area contributed by atoms with Crippen LogP contribution in [0.4, 0.5) is 5.69 Å². The maximum Gasteiger partial charge on any atom is 0.0998 e. The zero-order valence-electron chi connectivity index (χ0n) is 11.2. The van der Waals surface area contributed by atoms with Crippen LogP contribution in [0, 0.1) is 11.3 Å². The van der Waals surface area contributed by atoms with Gasteiger partial charge in [0.2, 0.25) is 0 Å². The lowest BCUT2D eigenvalue weighted by Crippen LogP contribution is -2.08. The SMILES string of the molecule is CN(C)c1ccc(/C(C#N)=C\c2ccccc2)cc1. The van der Waals surface area contributed by atoms with Crippen molar-refractivity contribution < 1.29 is 0 Å². The highest BCUT2D eigenvalue weighted by Gasteiger charge is 2.02. The summed E-state index contributed by atoms with van der Waals surface area (Å²) in [7, 11) is 4.00. The summed E-state index contributed by atoms with van der Waals surface area (Å²) >= 11 is 0. The molecule has 0 amide bonds. The van der Waals surface area contributed by atoms with E-state index in [1.165, 1.54) is 0 Å². The maximum absolute atomic E-state index is 9.29. The van der Waals surface area contributed by atoms with Gasteiger partial charge in [-0.15, -0.1) is 0 Å². The number of hydrogen-bond acceptors (Lipinski definition) is 2. The molecule has 2 heteroatoms. The van der Waals surface area contributed by atoms with Crippen LogP contribution in [0.5, 0.6) is 0 Å². The quantitative estimate of drug-likeness (QED) is 0.610. The Hall–Kier alpha value is -2.53. The number of rotatable bonds is 3. The van der Waals surface area contributed by atoms with Gasteiger partial charge in [0.25, 0.3) is 0 Å². The van der Waals surface area contributed by atoms with Crippen LogP contribution >= 0.6 is 0 Å². The largest absolute Gasteiger partial charge is 0.378 e. The predicted octanol–water partition coefficient (Wildman–Crippen LogP) is 3.82. The van der Waals surface area contributed by atoms with Crippen molar-refractivity contribution in [3.8, 4) is 6.07 Å². The van der Waals surface area contributed by atoms with Gasteiger partial charge in [0, 0.05) is 19.8 Å². The second kappa shape index (κ2) is 5.88. The van der Waals surface area contributed by atoms with Gasteiger partial charge < -0.3 is 4.90 Å². The Kier molecular flexibility index (Phi) is 4.00. The Morgan fingerprint density at radius 1 is 1.00 bits per heavy atom. The van der Waals surface area contributed by atoms with E-state index in [2.05, 4.69) is 6.07 Å². The molecule has 0 spiro atoms. The molecule has 2 aromatic carbocycles. The summed E-state index contributed by atoms with van der Waals surface area (Å²) in [5.74, 6) is 0. The highest BCUT2D eigenvalue weighted by atomic mass is 15.1. The number of anilines is 1. The topological polar surface area (TPSA) is 27.0 Å². The maximum atomic E-state index is 9.29. The molecule has 0 unspecified atom stereocenters. The highest BCUT2D eigenvalue weighted by Crippen LogP contribution is 2.20. The Bertz CT molecular complexity index is 602. The first-order valence-electron chi connectivity index (χ1n) is 6.15. The van der Waals surface area contributed by atoms with Gasteiger partial charge in [-0.2, -0.15) is 5.26 Å². The van der Waals surface area contributed by atoms with Crippen LogP contribution < -0.4 is 4.90 Å². The van der Waals surface area contributed by atoms with E-state index in [-0.39, 0.29) is 0 Å². The molecular formula is C17H16N2. The van der Waals surface area contributed by atoms with E-state index in [1.54, 1.807) is 0 Å². The van der Waals surface area contributed by atoms with Crippen LogP contribution in [-0.2, 0) is 0 Å². The zero-order valence-corrected chi connectivity index (χ0v) is 11.2. The lowest BCUT2D eigenvalue weighted by Gasteiger charge is -2.12. The average molecular weight is 248 g/mol. The third-order valence-electron chi connectivity index (χ3n) is 2.93. The smallest absolute Gasteiger partial charge is 0.0998 e. The van der Waals surface area contributed by atoms with Crippen molar-refractivity contribution in [2.45, 2.75) is 0 Å². The summed E-state index contributed by atoms with van der Waals surface area (Å²) in [6.45, 7) is 0. The Morgan fingerprint density at radius 2 is 1.63 bits per heavy atom. The number of benzene rings is 2. The first-order chi connectivity index (χ1) is 9.20. The van der Waals surface area contributed by atoms with Crippen LogP contribution in [0.15, 0.2) is 54.6 Å². The van der Waals surface area contributed by atoms with E-state index < -0.39 is 0 Å². The van der Waals surface area contributed by atoms with E-state index in [9.17, 15) is 5.26 Å². The third-order valence-corrected chi connectivity index (χ3v) is 2.93. The van der Waals surface area contributed by atoms with Crippen molar-refractivity contribution in [2.24, 2.45) is 0 Å². The van der Waals surface area contributed by atoms with Crippen molar-refractivity contribution in [3.05, 3.63) is 65.7 Å². The van der Waals surface area contributed by atoms with Gasteiger partial charge in [-0.1, -0.05) is 42.5 Å². The van der Waals surface area contributed by atoms with Gasteiger partial charge in [-0.05, 0) is 29.3 Å². The Morgan fingerprint density at radius 3 is 2.16 bits per heavy atom. The molecule has 2 aromatic rings. The molecular weight excluding hydrogens is 232 g/mol. The molecule has 0 aliphatic carbocycles. The molecule has 0 fully saturated rings.